The Morgan fingerprint density at radius 3 is 1.00 bits per heavy atom. The first-order chi connectivity index (χ1) is 1.73. The molecule has 0 N–H and O–H groups in total. The summed E-state index contributed by atoms with van der Waals surface area (Å²) in [6, 6.07) is 0. The molecule has 0 bridgehead atoms. The summed E-state index contributed by atoms with van der Waals surface area (Å²) < 4.78 is 0. The minimum absolute atomic E-state index is 0. The van der Waals surface area contributed by atoms with Crippen LogP contribution in [-0.2, 0) is 0 Å². The van der Waals surface area contributed by atoms with E-state index in [0.717, 1.165) is 0 Å². The maximum absolute atomic E-state index is 5.03. The van der Waals surface area contributed by atoms with Crippen LogP contribution in [0.15, 0.2) is 0 Å². The first-order valence-corrected chi connectivity index (χ1v) is 14.3. The maximum atomic E-state index is 5.03. The quantitative estimate of drug-likeness (QED) is 0.573. The average Bonchev–Trinajstić information content (AvgIpc) is 0.811. The second kappa shape index (κ2) is 6.66. The van der Waals surface area contributed by atoms with E-state index in [4.69, 9.17) is 20.4 Å². The van der Waals surface area contributed by atoms with Crippen molar-refractivity contribution in [2.45, 2.75) is 0 Å². The van der Waals surface area contributed by atoms with Gasteiger partial charge in [-0.1, -0.05) is 0 Å². The fourth-order valence-corrected chi connectivity index (χ4v) is 0. The molecular weight excluding hydrogens is 252 g/mol. The molecule has 0 aliphatic rings. The molecule has 0 spiro atoms. The first kappa shape index (κ1) is 10.6. The van der Waals surface area contributed by atoms with E-state index in [1.807, 2.05) is 0 Å². The summed E-state index contributed by atoms with van der Waals surface area (Å²) in [5.74, 6) is 0. The molecule has 0 rings (SSSR count). The van der Waals surface area contributed by atoms with Crippen molar-refractivity contribution in [3.63, 3.8) is 0 Å². The van der Waals surface area contributed by atoms with E-state index >= 15 is 0 Å². The fraction of sp³-hybridized carbons (Fsp3) is 0. The normalized spacial score (nSPS) is 5.40. The molecule has 0 saturated carbocycles. The third-order valence-corrected chi connectivity index (χ3v) is 0. The van der Waals surface area contributed by atoms with Gasteiger partial charge in [0.15, 0.2) is 0 Å². The van der Waals surface area contributed by atoms with Crippen molar-refractivity contribution < 1.29 is 25.7 Å². The molecule has 0 amide bonds. The zero-order valence-electron chi connectivity index (χ0n) is 1.71. The molecule has 5 heavy (non-hydrogen) atoms. The van der Waals surface area contributed by atoms with Crippen LogP contribution in [0.2, 0.25) is 0 Å². The van der Waals surface area contributed by atoms with Gasteiger partial charge in [0, 0.05) is 0 Å². The molecule has 0 aliphatic heterocycles. The molecule has 0 aromatic carbocycles. The van der Waals surface area contributed by atoms with Crippen molar-refractivity contribution in [2.24, 2.45) is 0 Å². The zero-order valence-corrected chi connectivity index (χ0v) is 7.60. The van der Waals surface area contributed by atoms with Crippen molar-refractivity contribution >= 4 is 39.2 Å². The molecule has 0 nitrogen and oxygen atoms in total. The summed E-state index contributed by atoms with van der Waals surface area (Å²) >= 11 is -2.31. The van der Waals surface area contributed by atoms with Gasteiger partial charge in [0.05, 0.1) is 0 Å². The van der Waals surface area contributed by atoms with Gasteiger partial charge >= 0.3 is 64.9 Å². The Labute approximate surface area is 63.4 Å². The Hall–Kier alpha value is 2.66. The van der Waals surface area contributed by atoms with Gasteiger partial charge in [0.2, 0.25) is 0 Å². The summed E-state index contributed by atoms with van der Waals surface area (Å²) in [5.41, 5.74) is 0. The van der Waals surface area contributed by atoms with Crippen molar-refractivity contribution in [1.29, 1.82) is 0 Å². The van der Waals surface area contributed by atoms with Crippen LogP contribution >= 0.6 is 20.4 Å². The Balaban J connectivity index is 0. The number of hydrogen-bond donors (Lipinski definition) is 0. The Morgan fingerprint density at radius 2 is 1.00 bits per heavy atom. The molecule has 0 atom stereocenters. The van der Waals surface area contributed by atoms with Gasteiger partial charge in [0.1, 0.15) is 0 Å². The molecule has 5 heteroatoms. The Morgan fingerprint density at radius 1 is 1.00 bits per heavy atom. The fourth-order valence-electron chi connectivity index (χ4n) is 0. The molecule has 0 aromatic heterocycles. The molecule has 0 unspecified atom stereocenters. The third-order valence-electron chi connectivity index (χ3n) is 0. The van der Waals surface area contributed by atoms with Crippen LogP contribution in [0.5, 0.6) is 0 Å². The van der Waals surface area contributed by atoms with E-state index in [0.29, 0.717) is 0 Å². The summed E-state index contributed by atoms with van der Waals surface area (Å²) in [5, 5.41) is 0. The van der Waals surface area contributed by atoms with E-state index < -0.39 is 25.7 Å². The van der Waals surface area contributed by atoms with Gasteiger partial charge in [-0.25, -0.2) is 0 Å². The molecular formula is HCl3LaLi. The van der Waals surface area contributed by atoms with Gasteiger partial charge < -0.3 is 0 Å². The monoisotopic (exact) mass is 252 g/mol. The van der Waals surface area contributed by atoms with Crippen molar-refractivity contribution in [3.8, 4) is 0 Å². The number of rotatable bonds is 0. The first-order valence-electron chi connectivity index (χ1n) is 0.655. The molecule has 0 heterocycles. The molecule has 0 radical (unpaired) electrons. The van der Waals surface area contributed by atoms with Gasteiger partial charge in [0.25, 0.3) is 0 Å². The van der Waals surface area contributed by atoms with Crippen molar-refractivity contribution in [2.75, 3.05) is 0 Å². The standard InChI is InChI=1S/3ClH.La.Li.H/h3*1H;;;/q;;;+3;;/p-3. The van der Waals surface area contributed by atoms with E-state index in [-0.39, 0.29) is 18.9 Å². The number of halogens is 3. The van der Waals surface area contributed by atoms with Crippen LogP contribution in [0.25, 0.3) is 0 Å². The second-order valence-electron chi connectivity index (χ2n) is 0.247. The van der Waals surface area contributed by atoms with Crippen LogP contribution < -0.4 is 0 Å². The zero-order chi connectivity index (χ0) is 3.58. The van der Waals surface area contributed by atoms with E-state index in [2.05, 4.69) is 0 Å². The van der Waals surface area contributed by atoms with E-state index in [9.17, 15) is 0 Å². The summed E-state index contributed by atoms with van der Waals surface area (Å²) in [4.78, 5) is 0. The van der Waals surface area contributed by atoms with Crippen LogP contribution in [0, 0.1) is 25.7 Å². The Bertz CT molecular complexity index is 11.6. The predicted octanol–water partition coefficient (Wildman–Crippen LogP) is 1.42. The van der Waals surface area contributed by atoms with Crippen LogP contribution in [0.4, 0.5) is 0 Å². The summed E-state index contributed by atoms with van der Waals surface area (Å²) in [6.45, 7) is 15.1. The molecule has 26 valence electrons. The summed E-state index contributed by atoms with van der Waals surface area (Å²) in [7, 11) is 0. The molecule has 0 fully saturated rings. The summed E-state index contributed by atoms with van der Waals surface area (Å²) in [6.07, 6.45) is 0. The predicted molar refractivity (Wildman–Crippen MR) is 24.7 cm³/mol. The third kappa shape index (κ3) is 20.4. The van der Waals surface area contributed by atoms with Crippen LogP contribution in [-0.4, -0.2) is 18.9 Å². The SMILES string of the molecule is [Cl][La]([Cl])[Cl].[LiH]. The molecule has 0 aromatic rings. The van der Waals surface area contributed by atoms with Gasteiger partial charge in [-0.3, -0.25) is 0 Å². The average molecular weight is 253 g/mol. The molecule has 0 saturated heterocycles. The van der Waals surface area contributed by atoms with Crippen LogP contribution in [0.3, 0.4) is 0 Å². The second-order valence-corrected chi connectivity index (χ2v) is 16.2. The van der Waals surface area contributed by atoms with Gasteiger partial charge in [-0.15, -0.1) is 0 Å². The van der Waals surface area contributed by atoms with E-state index in [1.165, 1.54) is 0 Å². The van der Waals surface area contributed by atoms with Crippen molar-refractivity contribution in [1.82, 2.24) is 0 Å². The van der Waals surface area contributed by atoms with Gasteiger partial charge in [-0.2, -0.15) is 0 Å². The van der Waals surface area contributed by atoms with Gasteiger partial charge in [-0.05, 0) is 0 Å². The van der Waals surface area contributed by atoms with E-state index in [1.54, 1.807) is 0 Å². The van der Waals surface area contributed by atoms with Crippen LogP contribution in [0.1, 0.15) is 0 Å². The minimum atomic E-state index is -2.31. The topological polar surface area (TPSA) is 0 Å². The molecule has 0 aliphatic carbocycles. The Kier molecular flexibility index (Phi) is 14.1. The number of hydrogen-bond acceptors (Lipinski definition) is 0. The van der Waals surface area contributed by atoms with Crippen molar-refractivity contribution in [3.05, 3.63) is 0 Å².